The third-order valence-corrected chi connectivity index (χ3v) is 6.21. The van der Waals surface area contributed by atoms with Crippen LogP contribution in [0.25, 0.3) is 0 Å². The smallest absolute Gasteiger partial charge is 0.339 e. The van der Waals surface area contributed by atoms with E-state index in [0.717, 1.165) is 17.4 Å². The lowest BCUT2D eigenvalue weighted by Crippen LogP contribution is -2.31. The van der Waals surface area contributed by atoms with Crippen molar-refractivity contribution in [2.45, 2.75) is 33.6 Å². The fourth-order valence-corrected chi connectivity index (χ4v) is 4.09. The number of esters is 1. The first kappa shape index (κ1) is 24.7. The number of carbonyl (C=O) groups excluding carboxylic acids is 2. The Labute approximate surface area is 188 Å². The zero-order valence-electron chi connectivity index (χ0n) is 18.1. The van der Waals surface area contributed by atoms with Crippen LogP contribution in [0.5, 0.6) is 0 Å². The third kappa shape index (κ3) is 6.97. The number of ether oxygens (including phenoxy) is 1. The van der Waals surface area contributed by atoms with Crippen molar-refractivity contribution < 1.29 is 22.7 Å². The number of carbonyl (C=O) groups is 2. The van der Waals surface area contributed by atoms with Gasteiger partial charge in [-0.3, -0.25) is 9.10 Å². The average Bonchev–Trinajstić information content (AvgIpc) is 2.68. The molecule has 0 spiro atoms. The maximum atomic E-state index is 12.3. The SMILES string of the molecule is CCOC(=O)c1cc(NC(=O)CCCN(c2ccc(C)c(C)c2)S(C)(=O)=O)ccc1Cl. The molecule has 168 valence electrons. The molecule has 1 N–H and O–H groups in total. The molecule has 0 saturated carbocycles. The van der Waals surface area contributed by atoms with E-state index in [2.05, 4.69) is 5.32 Å². The first-order valence-corrected chi connectivity index (χ1v) is 12.1. The topological polar surface area (TPSA) is 92.8 Å². The molecule has 2 rings (SSSR count). The predicted octanol–water partition coefficient (Wildman–Crippen LogP) is 4.32. The quantitative estimate of drug-likeness (QED) is 0.555. The zero-order valence-corrected chi connectivity index (χ0v) is 19.6. The fourth-order valence-electron chi connectivity index (χ4n) is 2.94. The van der Waals surface area contributed by atoms with E-state index >= 15 is 0 Å². The van der Waals surface area contributed by atoms with Crippen LogP contribution >= 0.6 is 11.6 Å². The lowest BCUT2D eigenvalue weighted by Gasteiger charge is -2.23. The number of nitrogens with one attached hydrogen (secondary N) is 1. The van der Waals surface area contributed by atoms with E-state index < -0.39 is 16.0 Å². The van der Waals surface area contributed by atoms with Crippen LogP contribution in [0.2, 0.25) is 5.02 Å². The van der Waals surface area contributed by atoms with Gasteiger partial charge in [0, 0.05) is 18.7 Å². The highest BCUT2D eigenvalue weighted by molar-refractivity contribution is 7.92. The minimum absolute atomic E-state index is 0.105. The van der Waals surface area contributed by atoms with E-state index in [4.69, 9.17) is 16.3 Å². The highest BCUT2D eigenvalue weighted by Crippen LogP contribution is 2.23. The molecule has 7 nitrogen and oxygen atoms in total. The van der Waals surface area contributed by atoms with Crippen molar-refractivity contribution in [3.8, 4) is 0 Å². The van der Waals surface area contributed by atoms with Crippen LogP contribution in [-0.4, -0.2) is 39.7 Å². The molecule has 0 atom stereocenters. The molecular formula is C22H27ClN2O5S. The van der Waals surface area contributed by atoms with E-state index in [1.165, 1.54) is 16.4 Å². The minimum atomic E-state index is -3.49. The Morgan fingerprint density at radius 1 is 1.10 bits per heavy atom. The molecule has 0 saturated heterocycles. The molecule has 0 aliphatic rings. The summed E-state index contributed by atoms with van der Waals surface area (Å²) in [6, 6.07) is 10.00. The van der Waals surface area contributed by atoms with E-state index in [9.17, 15) is 18.0 Å². The number of benzene rings is 2. The highest BCUT2D eigenvalue weighted by atomic mass is 35.5. The Balaban J connectivity index is 2.02. The molecule has 0 fully saturated rings. The third-order valence-electron chi connectivity index (χ3n) is 4.69. The Morgan fingerprint density at radius 3 is 2.42 bits per heavy atom. The Hall–Kier alpha value is -2.58. The maximum absolute atomic E-state index is 12.3. The van der Waals surface area contributed by atoms with Crippen LogP contribution < -0.4 is 9.62 Å². The van der Waals surface area contributed by atoms with Gasteiger partial charge in [0.05, 0.1) is 29.1 Å². The molecule has 9 heteroatoms. The van der Waals surface area contributed by atoms with Gasteiger partial charge in [0.2, 0.25) is 15.9 Å². The molecule has 2 aromatic carbocycles. The monoisotopic (exact) mass is 466 g/mol. The first-order chi connectivity index (χ1) is 14.5. The Morgan fingerprint density at radius 2 is 1.81 bits per heavy atom. The maximum Gasteiger partial charge on any atom is 0.339 e. The van der Waals surface area contributed by atoms with Gasteiger partial charge in [0.15, 0.2) is 0 Å². The van der Waals surface area contributed by atoms with Crippen LogP contribution in [-0.2, 0) is 19.6 Å². The van der Waals surface area contributed by atoms with Crippen LogP contribution in [0.4, 0.5) is 11.4 Å². The average molecular weight is 467 g/mol. The number of sulfonamides is 1. The largest absolute Gasteiger partial charge is 0.462 e. The number of nitrogens with zero attached hydrogens (tertiary/aromatic N) is 1. The van der Waals surface area contributed by atoms with Gasteiger partial charge in [-0.1, -0.05) is 17.7 Å². The molecule has 0 unspecified atom stereocenters. The summed E-state index contributed by atoms with van der Waals surface area (Å²) in [6.07, 6.45) is 1.57. The summed E-state index contributed by atoms with van der Waals surface area (Å²) in [5.41, 5.74) is 3.21. The summed E-state index contributed by atoms with van der Waals surface area (Å²) in [7, 11) is -3.49. The van der Waals surface area contributed by atoms with Gasteiger partial charge < -0.3 is 10.1 Å². The molecule has 0 heterocycles. The van der Waals surface area contributed by atoms with E-state index in [1.54, 1.807) is 19.1 Å². The summed E-state index contributed by atoms with van der Waals surface area (Å²) in [5, 5.41) is 2.93. The molecule has 0 aliphatic carbocycles. The van der Waals surface area contributed by atoms with Gasteiger partial charge in [0.1, 0.15) is 0 Å². The van der Waals surface area contributed by atoms with Crippen molar-refractivity contribution in [1.82, 2.24) is 0 Å². The molecule has 0 radical (unpaired) electrons. The molecule has 1 amide bonds. The second-order valence-electron chi connectivity index (χ2n) is 7.17. The molecule has 0 aromatic heterocycles. The van der Waals surface area contributed by atoms with Crippen molar-refractivity contribution in [3.05, 3.63) is 58.1 Å². The summed E-state index contributed by atoms with van der Waals surface area (Å²) in [6.45, 7) is 5.95. The fraction of sp³-hybridized carbons (Fsp3) is 0.364. The van der Waals surface area contributed by atoms with Crippen molar-refractivity contribution in [2.24, 2.45) is 0 Å². The summed E-state index contributed by atoms with van der Waals surface area (Å²) in [4.78, 5) is 24.3. The van der Waals surface area contributed by atoms with Gasteiger partial charge in [-0.2, -0.15) is 0 Å². The number of hydrogen-bond acceptors (Lipinski definition) is 5. The highest BCUT2D eigenvalue weighted by Gasteiger charge is 2.18. The molecular weight excluding hydrogens is 440 g/mol. The first-order valence-electron chi connectivity index (χ1n) is 9.84. The standard InChI is InChI=1S/C22H27ClN2O5S/c1-5-30-22(27)19-14-17(9-11-20(19)23)24-21(26)7-6-12-25(31(4,28)29)18-10-8-15(2)16(3)13-18/h8-11,13-14H,5-7,12H2,1-4H3,(H,24,26). The normalized spacial score (nSPS) is 11.1. The number of hydrogen-bond donors (Lipinski definition) is 1. The predicted molar refractivity (Wildman–Crippen MR) is 123 cm³/mol. The summed E-state index contributed by atoms with van der Waals surface area (Å²) < 4.78 is 30.8. The van der Waals surface area contributed by atoms with E-state index in [1.807, 2.05) is 26.0 Å². The van der Waals surface area contributed by atoms with E-state index in [-0.39, 0.29) is 36.1 Å². The minimum Gasteiger partial charge on any atom is -0.462 e. The van der Waals surface area contributed by atoms with Gasteiger partial charge in [0.25, 0.3) is 0 Å². The van der Waals surface area contributed by atoms with Crippen LogP contribution in [0.3, 0.4) is 0 Å². The Bertz CT molecular complexity index is 1070. The van der Waals surface area contributed by atoms with Crippen LogP contribution in [0.15, 0.2) is 36.4 Å². The summed E-state index contributed by atoms with van der Waals surface area (Å²) >= 11 is 6.03. The lowest BCUT2D eigenvalue weighted by atomic mass is 10.1. The van der Waals surface area contributed by atoms with Crippen molar-refractivity contribution >= 4 is 44.9 Å². The van der Waals surface area contributed by atoms with Gasteiger partial charge in [-0.25, -0.2) is 13.2 Å². The van der Waals surface area contributed by atoms with Crippen molar-refractivity contribution in [1.29, 1.82) is 0 Å². The van der Waals surface area contributed by atoms with Crippen LogP contribution in [0.1, 0.15) is 41.3 Å². The number of halogens is 1. The molecule has 31 heavy (non-hydrogen) atoms. The van der Waals surface area contributed by atoms with Gasteiger partial charge in [-0.15, -0.1) is 0 Å². The van der Waals surface area contributed by atoms with E-state index in [0.29, 0.717) is 17.8 Å². The molecule has 0 bridgehead atoms. The van der Waals surface area contributed by atoms with Gasteiger partial charge in [-0.05, 0) is 68.7 Å². The number of aryl methyl sites for hydroxylation is 2. The zero-order chi connectivity index (χ0) is 23.2. The number of amides is 1. The van der Waals surface area contributed by atoms with Crippen LogP contribution in [0, 0.1) is 13.8 Å². The Kier molecular flexibility index (Phi) is 8.47. The molecule has 0 aliphatic heterocycles. The summed E-state index contributed by atoms with van der Waals surface area (Å²) in [5.74, 6) is -0.869. The van der Waals surface area contributed by atoms with Gasteiger partial charge >= 0.3 is 5.97 Å². The second-order valence-corrected chi connectivity index (χ2v) is 9.48. The van der Waals surface area contributed by atoms with Crippen molar-refractivity contribution in [2.75, 3.05) is 29.0 Å². The number of anilines is 2. The van der Waals surface area contributed by atoms with Crippen molar-refractivity contribution in [3.63, 3.8) is 0 Å². The molecule has 2 aromatic rings. The second kappa shape index (κ2) is 10.6. The lowest BCUT2D eigenvalue weighted by molar-refractivity contribution is -0.116. The number of rotatable bonds is 9.